The molecule has 2 aliphatic heterocycles. The Labute approximate surface area is 200 Å². The van der Waals surface area contributed by atoms with Crippen LogP contribution in [0.4, 0.5) is 19.0 Å². The third-order valence-electron chi connectivity index (χ3n) is 6.50. The van der Waals surface area contributed by atoms with Crippen molar-refractivity contribution in [1.82, 2.24) is 9.97 Å². The lowest BCUT2D eigenvalue weighted by molar-refractivity contribution is -0.0583. The van der Waals surface area contributed by atoms with Crippen LogP contribution >= 0.6 is 0 Å². The van der Waals surface area contributed by atoms with Crippen LogP contribution in [0.5, 0.6) is 5.75 Å². The second-order valence-electron chi connectivity index (χ2n) is 8.84. The molecule has 2 aromatic carbocycles. The standard InChI is InChI=1S/C26H26F3N3O3/c1-14(17-4-3-5-21(22(17)27)26(28,29)13-33)30-25-20-12-19(16-6-9-34-10-7-16)24-18(8-11-35-24)23(20)31-15(2)32-25/h3-6,12,14,33H,7-11,13H2,1-2H3,(H,30,31,32). The van der Waals surface area contributed by atoms with Gasteiger partial charge in [-0.1, -0.05) is 18.2 Å². The predicted octanol–water partition coefficient (Wildman–Crippen LogP) is 5.07. The zero-order valence-corrected chi connectivity index (χ0v) is 19.5. The normalized spacial score (nSPS) is 16.6. The molecule has 0 radical (unpaired) electrons. The molecule has 0 saturated heterocycles. The van der Waals surface area contributed by atoms with Crippen LogP contribution in [-0.4, -0.2) is 41.5 Å². The molecule has 1 unspecified atom stereocenters. The van der Waals surface area contributed by atoms with E-state index in [0.717, 1.165) is 45.8 Å². The van der Waals surface area contributed by atoms with Crippen molar-refractivity contribution in [3.8, 4) is 5.75 Å². The van der Waals surface area contributed by atoms with Crippen molar-refractivity contribution in [2.45, 2.75) is 38.7 Å². The van der Waals surface area contributed by atoms with Crippen LogP contribution in [0.25, 0.3) is 16.5 Å². The highest BCUT2D eigenvalue weighted by Crippen LogP contribution is 2.42. The van der Waals surface area contributed by atoms with E-state index >= 15 is 4.39 Å². The van der Waals surface area contributed by atoms with E-state index in [-0.39, 0.29) is 5.56 Å². The van der Waals surface area contributed by atoms with Gasteiger partial charge in [-0.3, -0.25) is 0 Å². The van der Waals surface area contributed by atoms with Crippen molar-refractivity contribution in [1.29, 1.82) is 0 Å². The number of aryl methyl sites for hydroxylation is 1. The van der Waals surface area contributed by atoms with Crippen molar-refractivity contribution < 1.29 is 27.8 Å². The third-order valence-corrected chi connectivity index (χ3v) is 6.50. The fraction of sp³-hybridized carbons (Fsp3) is 0.385. The minimum atomic E-state index is -3.68. The number of rotatable bonds is 6. The number of alkyl halides is 2. The Morgan fingerprint density at radius 3 is 2.77 bits per heavy atom. The zero-order chi connectivity index (χ0) is 24.7. The molecule has 9 heteroatoms. The summed E-state index contributed by atoms with van der Waals surface area (Å²) >= 11 is 0. The maximum Gasteiger partial charge on any atom is 0.298 e. The number of ether oxygens (including phenoxy) is 2. The highest BCUT2D eigenvalue weighted by molar-refractivity contribution is 5.97. The Morgan fingerprint density at radius 2 is 2.03 bits per heavy atom. The molecule has 5 rings (SSSR count). The first-order valence-electron chi connectivity index (χ1n) is 11.6. The smallest absolute Gasteiger partial charge is 0.298 e. The third kappa shape index (κ3) is 4.23. The molecular formula is C26H26F3N3O3. The van der Waals surface area contributed by atoms with Crippen LogP contribution in [0.15, 0.2) is 30.3 Å². The molecule has 184 valence electrons. The molecule has 0 spiro atoms. The highest BCUT2D eigenvalue weighted by Gasteiger charge is 2.35. The topological polar surface area (TPSA) is 76.5 Å². The summed E-state index contributed by atoms with van der Waals surface area (Å²) in [4.78, 5) is 9.25. The van der Waals surface area contributed by atoms with Crippen LogP contribution in [-0.2, 0) is 17.1 Å². The SMILES string of the molecule is Cc1nc(NC(C)c2cccc(C(F)(F)CO)c2F)c2cc(C3=CCOCC3)c3c(c2n1)CCO3. The summed E-state index contributed by atoms with van der Waals surface area (Å²) in [6.07, 6.45) is 3.51. The lowest BCUT2D eigenvalue weighted by atomic mass is 9.95. The Bertz CT molecular complexity index is 1330. The molecule has 0 amide bonds. The molecule has 0 bridgehead atoms. The van der Waals surface area contributed by atoms with Gasteiger partial charge in [0, 0.05) is 28.5 Å². The number of aliphatic hydroxyl groups is 1. The van der Waals surface area contributed by atoms with Crippen molar-refractivity contribution in [3.05, 3.63) is 64.2 Å². The van der Waals surface area contributed by atoms with E-state index < -0.39 is 30.0 Å². The molecule has 1 atom stereocenters. The number of fused-ring (bicyclic) bond motifs is 3. The van der Waals surface area contributed by atoms with Gasteiger partial charge in [-0.05, 0) is 38.0 Å². The van der Waals surface area contributed by atoms with Crippen LogP contribution in [0.3, 0.4) is 0 Å². The number of aliphatic hydroxyl groups excluding tert-OH is 1. The summed E-state index contributed by atoms with van der Waals surface area (Å²) in [5, 5.41) is 13.0. The van der Waals surface area contributed by atoms with E-state index in [1.54, 1.807) is 13.8 Å². The summed E-state index contributed by atoms with van der Waals surface area (Å²) in [7, 11) is 0. The Hall–Kier alpha value is -3.17. The lowest BCUT2D eigenvalue weighted by Gasteiger charge is -2.22. The van der Waals surface area contributed by atoms with Gasteiger partial charge in [-0.15, -0.1) is 0 Å². The van der Waals surface area contributed by atoms with Crippen LogP contribution in [0.1, 0.15) is 47.5 Å². The highest BCUT2D eigenvalue weighted by atomic mass is 19.3. The number of nitrogens with zero attached hydrogens (tertiary/aromatic N) is 2. The summed E-state index contributed by atoms with van der Waals surface area (Å²) in [5.41, 5.74) is 3.07. The van der Waals surface area contributed by atoms with E-state index in [1.165, 1.54) is 12.1 Å². The Kier molecular flexibility index (Phi) is 6.14. The van der Waals surface area contributed by atoms with Gasteiger partial charge in [0.2, 0.25) is 0 Å². The largest absolute Gasteiger partial charge is 0.492 e. The Balaban J connectivity index is 1.60. The molecular weight excluding hydrogens is 459 g/mol. The molecule has 0 saturated carbocycles. The summed E-state index contributed by atoms with van der Waals surface area (Å²) in [6, 6.07) is 5.10. The number of anilines is 1. The van der Waals surface area contributed by atoms with Gasteiger partial charge in [-0.25, -0.2) is 14.4 Å². The molecule has 2 N–H and O–H groups in total. The fourth-order valence-electron chi connectivity index (χ4n) is 4.73. The number of halogens is 3. The maximum absolute atomic E-state index is 15.1. The van der Waals surface area contributed by atoms with Crippen LogP contribution < -0.4 is 10.1 Å². The number of benzene rings is 2. The predicted molar refractivity (Wildman–Crippen MR) is 126 cm³/mol. The first kappa shape index (κ1) is 23.6. The molecule has 0 fully saturated rings. The van der Waals surface area contributed by atoms with Crippen molar-refractivity contribution >= 4 is 22.3 Å². The zero-order valence-electron chi connectivity index (χ0n) is 19.5. The first-order chi connectivity index (χ1) is 16.8. The van der Waals surface area contributed by atoms with E-state index in [0.29, 0.717) is 37.9 Å². The van der Waals surface area contributed by atoms with Crippen molar-refractivity contribution in [2.24, 2.45) is 0 Å². The van der Waals surface area contributed by atoms with Crippen LogP contribution in [0, 0.1) is 12.7 Å². The second kappa shape index (κ2) is 9.13. The molecule has 0 aliphatic carbocycles. The average molecular weight is 486 g/mol. The molecule has 6 nitrogen and oxygen atoms in total. The van der Waals surface area contributed by atoms with Gasteiger partial charge in [-0.2, -0.15) is 8.78 Å². The van der Waals surface area contributed by atoms with Gasteiger partial charge in [0.25, 0.3) is 5.92 Å². The minimum absolute atomic E-state index is 0.0527. The lowest BCUT2D eigenvalue weighted by Crippen LogP contribution is -2.22. The minimum Gasteiger partial charge on any atom is -0.492 e. The Morgan fingerprint density at radius 1 is 1.20 bits per heavy atom. The quantitative estimate of drug-likeness (QED) is 0.508. The number of hydrogen-bond acceptors (Lipinski definition) is 6. The fourth-order valence-corrected chi connectivity index (χ4v) is 4.73. The number of aromatic nitrogens is 2. The maximum atomic E-state index is 15.1. The van der Waals surface area contributed by atoms with Gasteiger partial charge < -0.3 is 19.9 Å². The van der Waals surface area contributed by atoms with E-state index in [1.807, 2.05) is 12.1 Å². The molecule has 35 heavy (non-hydrogen) atoms. The molecule has 1 aromatic heterocycles. The van der Waals surface area contributed by atoms with Gasteiger partial charge in [0.05, 0.1) is 36.9 Å². The van der Waals surface area contributed by atoms with E-state index in [9.17, 15) is 8.78 Å². The van der Waals surface area contributed by atoms with Gasteiger partial charge in [0.15, 0.2) is 0 Å². The molecule has 2 aliphatic rings. The molecule has 3 aromatic rings. The van der Waals surface area contributed by atoms with E-state index in [2.05, 4.69) is 15.3 Å². The van der Waals surface area contributed by atoms with Gasteiger partial charge in [0.1, 0.15) is 29.8 Å². The van der Waals surface area contributed by atoms with Crippen molar-refractivity contribution in [3.63, 3.8) is 0 Å². The average Bonchev–Trinajstić information content (AvgIpc) is 3.34. The van der Waals surface area contributed by atoms with E-state index in [4.69, 9.17) is 14.6 Å². The van der Waals surface area contributed by atoms with Gasteiger partial charge >= 0.3 is 0 Å². The monoisotopic (exact) mass is 485 g/mol. The number of hydrogen-bond donors (Lipinski definition) is 2. The number of nitrogens with one attached hydrogen (secondary N) is 1. The summed E-state index contributed by atoms with van der Waals surface area (Å²) in [5.74, 6) is -2.88. The van der Waals surface area contributed by atoms with Crippen molar-refractivity contribution in [2.75, 3.05) is 31.7 Å². The van der Waals surface area contributed by atoms with Crippen LogP contribution in [0.2, 0.25) is 0 Å². The summed E-state index contributed by atoms with van der Waals surface area (Å²) in [6.45, 7) is 3.70. The first-order valence-corrected chi connectivity index (χ1v) is 11.6. The molecule has 3 heterocycles. The second-order valence-corrected chi connectivity index (χ2v) is 8.84. The summed E-state index contributed by atoms with van der Waals surface area (Å²) < 4.78 is 54.7.